The number of rotatable bonds is 4. The summed E-state index contributed by atoms with van der Waals surface area (Å²) >= 11 is 0. The third-order valence-corrected chi connectivity index (χ3v) is 5.89. The summed E-state index contributed by atoms with van der Waals surface area (Å²) in [4.78, 5) is 4.93. The van der Waals surface area contributed by atoms with Crippen molar-refractivity contribution in [2.24, 2.45) is 0 Å². The summed E-state index contributed by atoms with van der Waals surface area (Å²) in [6, 6.07) is 9.20. The second kappa shape index (κ2) is 8.31. The number of nitrogens with one attached hydrogen (secondary N) is 1. The lowest BCUT2D eigenvalue weighted by Gasteiger charge is -2.42. The van der Waals surface area contributed by atoms with Gasteiger partial charge in [0.2, 0.25) is 0 Å². The SMILES string of the molecule is C=C1C=C(N2CCOCC2C)C=C(N2CCCCC2c2cccc(OC)c2)N1. The number of piperidine rings is 1. The normalized spacial score (nSPS) is 25.7. The molecule has 3 aliphatic rings. The van der Waals surface area contributed by atoms with Gasteiger partial charge in [-0.25, -0.2) is 0 Å². The first kappa shape index (κ1) is 18.9. The third kappa shape index (κ3) is 3.90. The predicted molar refractivity (Wildman–Crippen MR) is 112 cm³/mol. The molecule has 3 aliphatic heterocycles. The minimum Gasteiger partial charge on any atom is -0.497 e. The van der Waals surface area contributed by atoms with Crippen molar-refractivity contribution in [3.8, 4) is 5.75 Å². The van der Waals surface area contributed by atoms with Crippen LogP contribution in [0.3, 0.4) is 0 Å². The van der Waals surface area contributed by atoms with Crippen LogP contribution in [0.25, 0.3) is 0 Å². The standard InChI is InChI=1S/C23H31N3O2/c1-17-13-20(25-11-12-28-16-18(25)2)15-23(24-17)26-10-5-4-9-22(26)19-7-6-8-21(14-19)27-3/h6-8,13-15,18,22,24H,1,4-5,9-12,16H2,2-3H3. The molecule has 0 spiro atoms. The highest BCUT2D eigenvalue weighted by atomic mass is 16.5. The van der Waals surface area contributed by atoms with Gasteiger partial charge in [0.05, 0.1) is 26.4 Å². The molecule has 1 aromatic carbocycles. The molecule has 0 bridgehead atoms. The summed E-state index contributed by atoms with van der Waals surface area (Å²) in [6.07, 6.45) is 8.03. The van der Waals surface area contributed by atoms with Crippen molar-refractivity contribution in [3.63, 3.8) is 0 Å². The molecular formula is C23H31N3O2. The second-order valence-electron chi connectivity index (χ2n) is 7.85. The van der Waals surface area contributed by atoms with Crippen molar-refractivity contribution >= 4 is 0 Å². The van der Waals surface area contributed by atoms with Crippen LogP contribution in [0.4, 0.5) is 0 Å². The summed E-state index contributed by atoms with van der Waals surface area (Å²) in [5.41, 5.74) is 3.48. The van der Waals surface area contributed by atoms with E-state index in [0.717, 1.165) is 50.0 Å². The Morgan fingerprint density at radius 2 is 2.07 bits per heavy atom. The van der Waals surface area contributed by atoms with Crippen LogP contribution >= 0.6 is 0 Å². The van der Waals surface area contributed by atoms with Crippen LogP contribution in [0, 0.1) is 0 Å². The molecule has 0 aliphatic carbocycles. The van der Waals surface area contributed by atoms with Crippen molar-refractivity contribution in [1.29, 1.82) is 0 Å². The molecule has 0 aromatic heterocycles. The predicted octanol–water partition coefficient (Wildman–Crippen LogP) is 3.79. The maximum Gasteiger partial charge on any atom is 0.119 e. The smallest absolute Gasteiger partial charge is 0.119 e. The van der Waals surface area contributed by atoms with Crippen LogP contribution in [0.5, 0.6) is 5.75 Å². The van der Waals surface area contributed by atoms with Gasteiger partial charge in [-0.1, -0.05) is 18.7 Å². The number of nitrogens with zero attached hydrogens (tertiary/aromatic N) is 2. The van der Waals surface area contributed by atoms with E-state index in [4.69, 9.17) is 9.47 Å². The summed E-state index contributed by atoms with van der Waals surface area (Å²) in [5.74, 6) is 2.06. The minimum absolute atomic E-state index is 0.344. The molecule has 4 rings (SSSR count). The monoisotopic (exact) mass is 381 g/mol. The van der Waals surface area contributed by atoms with Gasteiger partial charge in [0.1, 0.15) is 11.6 Å². The zero-order chi connectivity index (χ0) is 19.5. The molecule has 1 N–H and O–H groups in total. The largest absolute Gasteiger partial charge is 0.497 e. The van der Waals surface area contributed by atoms with E-state index < -0.39 is 0 Å². The summed E-state index contributed by atoms with van der Waals surface area (Å²) in [6.45, 7) is 9.96. The number of hydrogen-bond donors (Lipinski definition) is 1. The van der Waals surface area contributed by atoms with Gasteiger partial charge < -0.3 is 24.6 Å². The van der Waals surface area contributed by atoms with Crippen molar-refractivity contribution in [3.05, 3.63) is 65.8 Å². The van der Waals surface area contributed by atoms with E-state index in [1.54, 1.807) is 7.11 Å². The molecule has 150 valence electrons. The van der Waals surface area contributed by atoms with Crippen LogP contribution < -0.4 is 10.1 Å². The van der Waals surface area contributed by atoms with E-state index in [2.05, 4.69) is 59.0 Å². The Hall–Kier alpha value is -2.40. The lowest BCUT2D eigenvalue weighted by Crippen LogP contribution is -2.44. The van der Waals surface area contributed by atoms with E-state index in [9.17, 15) is 0 Å². The molecule has 5 nitrogen and oxygen atoms in total. The van der Waals surface area contributed by atoms with Gasteiger partial charge in [-0.2, -0.15) is 0 Å². The maximum atomic E-state index is 5.62. The molecule has 28 heavy (non-hydrogen) atoms. The first-order valence-corrected chi connectivity index (χ1v) is 10.3. The molecular weight excluding hydrogens is 350 g/mol. The van der Waals surface area contributed by atoms with E-state index >= 15 is 0 Å². The Morgan fingerprint density at radius 3 is 2.89 bits per heavy atom. The number of dihydropyridines is 1. The van der Waals surface area contributed by atoms with Crippen molar-refractivity contribution in [2.45, 2.75) is 38.3 Å². The fraction of sp³-hybridized carbons (Fsp3) is 0.478. The van der Waals surface area contributed by atoms with Gasteiger partial charge in [0, 0.05) is 36.6 Å². The molecule has 3 heterocycles. The van der Waals surface area contributed by atoms with E-state index in [1.165, 1.54) is 24.1 Å². The van der Waals surface area contributed by atoms with Crippen LogP contribution in [0.15, 0.2) is 60.2 Å². The second-order valence-corrected chi connectivity index (χ2v) is 7.85. The number of likely N-dealkylation sites (tertiary alicyclic amines) is 1. The van der Waals surface area contributed by atoms with Crippen LogP contribution in [-0.2, 0) is 4.74 Å². The topological polar surface area (TPSA) is 37.0 Å². The zero-order valence-corrected chi connectivity index (χ0v) is 17.0. The molecule has 0 amide bonds. The van der Waals surface area contributed by atoms with Crippen molar-refractivity contribution in [1.82, 2.24) is 15.1 Å². The minimum atomic E-state index is 0.344. The first-order chi connectivity index (χ1) is 13.7. The molecule has 0 radical (unpaired) electrons. The maximum absolute atomic E-state index is 5.62. The number of morpholine rings is 1. The average Bonchev–Trinajstić information content (AvgIpc) is 2.73. The van der Waals surface area contributed by atoms with Gasteiger partial charge >= 0.3 is 0 Å². The molecule has 2 unspecified atom stereocenters. The number of methoxy groups -OCH3 is 1. The fourth-order valence-electron chi connectivity index (χ4n) is 4.44. The Morgan fingerprint density at radius 1 is 1.18 bits per heavy atom. The molecule has 2 atom stereocenters. The van der Waals surface area contributed by atoms with Crippen molar-refractivity contribution < 1.29 is 9.47 Å². The molecule has 2 fully saturated rings. The lowest BCUT2D eigenvalue weighted by atomic mass is 9.94. The third-order valence-electron chi connectivity index (χ3n) is 5.89. The summed E-state index contributed by atoms with van der Waals surface area (Å²) < 4.78 is 11.1. The van der Waals surface area contributed by atoms with Gasteiger partial charge in [-0.3, -0.25) is 0 Å². The molecule has 2 saturated heterocycles. The van der Waals surface area contributed by atoms with E-state index in [1.807, 2.05) is 6.07 Å². The Kier molecular flexibility index (Phi) is 5.62. The number of allylic oxidation sites excluding steroid dienone is 2. The number of ether oxygens (including phenoxy) is 2. The number of hydrogen-bond acceptors (Lipinski definition) is 5. The van der Waals surface area contributed by atoms with Gasteiger partial charge in [0.25, 0.3) is 0 Å². The molecule has 0 saturated carbocycles. The highest BCUT2D eigenvalue weighted by Crippen LogP contribution is 2.36. The Balaban J connectivity index is 1.63. The van der Waals surface area contributed by atoms with Gasteiger partial charge in [0.15, 0.2) is 0 Å². The summed E-state index contributed by atoms with van der Waals surface area (Å²) in [7, 11) is 1.73. The van der Waals surface area contributed by atoms with E-state index in [-0.39, 0.29) is 0 Å². The van der Waals surface area contributed by atoms with Gasteiger partial charge in [-0.15, -0.1) is 0 Å². The van der Waals surface area contributed by atoms with Gasteiger partial charge in [-0.05, 0) is 50.0 Å². The fourth-order valence-corrected chi connectivity index (χ4v) is 4.44. The zero-order valence-electron chi connectivity index (χ0n) is 17.0. The Bertz CT molecular complexity index is 786. The summed E-state index contributed by atoms with van der Waals surface area (Å²) in [5, 5.41) is 3.53. The lowest BCUT2D eigenvalue weighted by molar-refractivity contribution is 0.0184. The number of benzene rings is 1. The van der Waals surface area contributed by atoms with Crippen LogP contribution in [0.2, 0.25) is 0 Å². The van der Waals surface area contributed by atoms with E-state index in [0.29, 0.717) is 12.1 Å². The average molecular weight is 382 g/mol. The Labute approximate surface area is 168 Å². The highest BCUT2D eigenvalue weighted by molar-refractivity contribution is 5.38. The highest BCUT2D eigenvalue weighted by Gasteiger charge is 2.29. The first-order valence-electron chi connectivity index (χ1n) is 10.3. The van der Waals surface area contributed by atoms with Crippen molar-refractivity contribution in [2.75, 3.05) is 33.4 Å². The molecule has 5 heteroatoms. The van der Waals surface area contributed by atoms with Crippen LogP contribution in [-0.4, -0.2) is 49.3 Å². The van der Waals surface area contributed by atoms with Crippen LogP contribution in [0.1, 0.15) is 37.8 Å². The quantitative estimate of drug-likeness (QED) is 0.859. The molecule has 1 aromatic rings.